The van der Waals surface area contributed by atoms with E-state index < -0.39 is 0 Å². The highest BCUT2D eigenvalue weighted by molar-refractivity contribution is 5.88. The van der Waals surface area contributed by atoms with Gasteiger partial charge in [0.05, 0.1) is 0 Å². The van der Waals surface area contributed by atoms with Gasteiger partial charge in [0.2, 0.25) is 0 Å². The van der Waals surface area contributed by atoms with Crippen molar-refractivity contribution in [2.75, 3.05) is 5.32 Å². The Morgan fingerprint density at radius 3 is 2.64 bits per heavy atom. The summed E-state index contributed by atoms with van der Waals surface area (Å²) in [7, 11) is 0. The molecule has 7 heteroatoms. The van der Waals surface area contributed by atoms with Crippen LogP contribution in [0.5, 0.6) is 0 Å². The Hall–Kier alpha value is -3.22. The third kappa shape index (κ3) is 4.20. The van der Waals surface area contributed by atoms with E-state index >= 15 is 0 Å². The molecule has 0 atom stereocenters. The first-order valence-electron chi connectivity index (χ1n) is 7.96. The molecular formula is C18H20N6O. The molecule has 0 unspecified atom stereocenters. The summed E-state index contributed by atoms with van der Waals surface area (Å²) in [4.78, 5) is 24.9. The van der Waals surface area contributed by atoms with Crippen LogP contribution < -0.4 is 10.6 Å². The lowest BCUT2D eigenvalue weighted by Crippen LogP contribution is -2.28. The van der Waals surface area contributed by atoms with E-state index in [0.29, 0.717) is 12.4 Å². The molecule has 2 N–H and O–H groups in total. The van der Waals surface area contributed by atoms with Gasteiger partial charge in [-0.2, -0.15) is 0 Å². The summed E-state index contributed by atoms with van der Waals surface area (Å²) in [5, 5.41) is 5.54. The number of anilines is 1. The van der Waals surface area contributed by atoms with Crippen molar-refractivity contribution in [3.05, 3.63) is 65.5 Å². The molecule has 7 nitrogen and oxygen atoms in total. The highest BCUT2D eigenvalue weighted by Crippen LogP contribution is 2.10. The number of carbonyl (C=O) groups excluding carboxylic acids is 1. The number of hydrogen-bond donors (Lipinski definition) is 2. The summed E-state index contributed by atoms with van der Waals surface area (Å²) < 4.78 is 1.90. The first kappa shape index (κ1) is 16.6. The zero-order chi connectivity index (χ0) is 17.8. The molecule has 0 bridgehead atoms. The Kier molecular flexibility index (Phi) is 4.74. The van der Waals surface area contributed by atoms with Crippen LogP contribution in [0, 0.1) is 20.8 Å². The number of aryl methyl sites for hydroxylation is 3. The van der Waals surface area contributed by atoms with Gasteiger partial charge in [-0.05, 0) is 50.1 Å². The number of nitrogens with zero attached hydrogens (tertiary/aromatic N) is 4. The number of pyridine rings is 2. The third-order valence-corrected chi connectivity index (χ3v) is 3.67. The molecule has 0 fully saturated rings. The fourth-order valence-corrected chi connectivity index (χ4v) is 2.53. The summed E-state index contributed by atoms with van der Waals surface area (Å²) in [6, 6.07) is 7.31. The average Bonchev–Trinajstić information content (AvgIpc) is 2.98. The van der Waals surface area contributed by atoms with Gasteiger partial charge in [0.1, 0.15) is 17.5 Å². The van der Waals surface area contributed by atoms with Gasteiger partial charge in [-0.25, -0.2) is 19.7 Å². The van der Waals surface area contributed by atoms with E-state index in [-0.39, 0.29) is 6.03 Å². The minimum atomic E-state index is -0.299. The number of hydrogen-bond acceptors (Lipinski definition) is 4. The smallest absolute Gasteiger partial charge is 0.320 e. The molecule has 25 heavy (non-hydrogen) atoms. The van der Waals surface area contributed by atoms with Crippen molar-refractivity contribution in [2.24, 2.45) is 0 Å². The van der Waals surface area contributed by atoms with Crippen LogP contribution >= 0.6 is 0 Å². The molecule has 2 amide bonds. The van der Waals surface area contributed by atoms with Crippen LogP contribution in [-0.2, 0) is 6.54 Å². The molecule has 0 radical (unpaired) electrons. The van der Waals surface area contributed by atoms with Gasteiger partial charge in [0.15, 0.2) is 0 Å². The van der Waals surface area contributed by atoms with Crippen molar-refractivity contribution in [3.63, 3.8) is 0 Å². The molecule has 0 aliphatic rings. The molecule has 3 aromatic rings. The van der Waals surface area contributed by atoms with Gasteiger partial charge in [0.25, 0.3) is 0 Å². The SMILES string of the molecule is Cc1cc(C)nc(NC(=O)NCc2ccc(-n3ccnc3C)nc2)c1. The fraction of sp³-hybridized carbons (Fsp3) is 0.222. The lowest BCUT2D eigenvalue weighted by Gasteiger charge is -2.09. The number of nitrogens with one attached hydrogen (secondary N) is 2. The van der Waals surface area contributed by atoms with Gasteiger partial charge in [-0.3, -0.25) is 9.88 Å². The Bertz CT molecular complexity index is 865. The topological polar surface area (TPSA) is 84.7 Å². The molecule has 3 rings (SSSR count). The Balaban J connectivity index is 1.58. The van der Waals surface area contributed by atoms with E-state index in [1.807, 2.05) is 55.8 Å². The fourth-order valence-electron chi connectivity index (χ4n) is 2.53. The lowest BCUT2D eigenvalue weighted by molar-refractivity contribution is 0.251. The van der Waals surface area contributed by atoms with Crippen LogP contribution in [0.1, 0.15) is 22.6 Å². The highest BCUT2D eigenvalue weighted by Gasteiger charge is 2.05. The minimum absolute atomic E-state index is 0.299. The normalized spacial score (nSPS) is 10.5. The largest absolute Gasteiger partial charge is 0.334 e. The van der Waals surface area contributed by atoms with Crippen molar-refractivity contribution in [1.82, 2.24) is 24.8 Å². The zero-order valence-electron chi connectivity index (χ0n) is 14.4. The first-order valence-corrected chi connectivity index (χ1v) is 7.96. The van der Waals surface area contributed by atoms with Gasteiger partial charge in [-0.1, -0.05) is 6.07 Å². The molecule has 3 heterocycles. The van der Waals surface area contributed by atoms with Crippen LogP contribution in [-0.4, -0.2) is 25.6 Å². The maximum atomic E-state index is 12.0. The van der Waals surface area contributed by atoms with E-state index in [1.165, 1.54) is 0 Å². The molecular weight excluding hydrogens is 316 g/mol. The molecule has 0 aliphatic heterocycles. The van der Waals surface area contributed by atoms with Gasteiger partial charge >= 0.3 is 6.03 Å². The highest BCUT2D eigenvalue weighted by atomic mass is 16.2. The summed E-state index contributed by atoms with van der Waals surface area (Å²) in [5.74, 6) is 2.21. The van der Waals surface area contributed by atoms with Gasteiger partial charge < -0.3 is 5.32 Å². The molecule has 0 aromatic carbocycles. The first-order chi connectivity index (χ1) is 12.0. The second kappa shape index (κ2) is 7.12. The van der Waals surface area contributed by atoms with Crippen molar-refractivity contribution in [3.8, 4) is 5.82 Å². The average molecular weight is 336 g/mol. The van der Waals surface area contributed by atoms with Crippen molar-refractivity contribution < 1.29 is 4.79 Å². The molecule has 128 valence electrons. The van der Waals surface area contributed by atoms with E-state index in [0.717, 1.165) is 28.5 Å². The Morgan fingerprint density at radius 1 is 1.16 bits per heavy atom. The van der Waals surface area contributed by atoms with Crippen molar-refractivity contribution in [1.29, 1.82) is 0 Å². The number of carbonyl (C=O) groups is 1. The van der Waals surface area contributed by atoms with Crippen molar-refractivity contribution >= 4 is 11.8 Å². The standard InChI is InChI=1S/C18H20N6O/c1-12-8-13(2)22-16(9-12)23-18(25)21-11-15-4-5-17(20-10-15)24-7-6-19-14(24)3/h4-10H,11H2,1-3H3,(H2,21,22,23,25). The summed E-state index contributed by atoms with van der Waals surface area (Å²) in [6.45, 7) is 6.16. The molecule has 0 spiro atoms. The summed E-state index contributed by atoms with van der Waals surface area (Å²) in [6.07, 6.45) is 5.34. The van der Waals surface area contributed by atoms with E-state index in [9.17, 15) is 4.79 Å². The predicted molar refractivity (Wildman–Crippen MR) is 95.7 cm³/mol. The molecule has 3 aromatic heterocycles. The minimum Gasteiger partial charge on any atom is -0.334 e. The second-order valence-electron chi connectivity index (χ2n) is 5.85. The number of amides is 2. The van der Waals surface area contributed by atoms with E-state index in [2.05, 4.69) is 25.6 Å². The molecule has 0 saturated carbocycles. The van der Waals surface area contributed by atoms with E-state index in [4.69, 9.17) is 0 Å². The van der Waals surface area contributed by atoms with Crippen LogP contribution in [0.15, 0.2) is 42.9 Å². The maximum absolute atomic E-state index is 12.0. The third-order valence-electron chi connectivity index (χ3n) is 3.67. The monoisotopic (exact) mass is 336 g/mol. The zero-order valence-corrected chi connectivity index (χ0v) is 14.4. The molecule has 0 aliphatic carbocycles. The Labute approximate surface area is 146 Å². The number of aromatic nitrogens is 4. The van der Waals surface area contributed by atoms with Gasteiger partial charge in [-0.15, -0.1) is 0 Å². The lowest BCUT2D eigenvalue weighted by atomic mass is 10.2. The maximum Gasteiger partial charge on any atom is 0.320 e. The Morgan fingerprint density at radius 2 is 2.00 bits per heavy atom. The van der Waals surface area contributed by atoms with Crippen LogP contribution in [0.3, 0.4) is 0 Å². The van der Waals surface area contributed by atoms with Crippen LogP contribution in [0.4, 0.5) is 10.6 Å². The second-order valence-corrected chi connectivity index (χ2v) is 5.85. The van der Waals surface area contributed by atoms with E-state index in [1.54, 1.807) is 12.4 Å². The van der Waals surface area contributed by atoms with Crippen LogP contribution in [0.2, 0.25) is 0 Å². The quantitative estimate of drug-likeness (QED) is 0.767. The van der Waals surface area contributed by atoms with Crippen molar-refractivity contribution in [2.45, 2.75) is 27.3 Å². The molecule has 0 saturated heterocycles. The number of imidazole rings is 1. The summed E-state index contributed by atoms with van der Waals surface area (Å²) in [5.41, 5.74) is 2.83. The number of urea groups is 1. The van der Waals surface area contributed by atoms with Gasteiger partial charge in [0, 0.05) is 30.8 Å². The summed E-state index contributed by atoms with van der Waals surface area (Å²) >= 11 is 0. The number of rotatable bonds is 4. The van der Waals surface area contributed by atoms with Crippen LogP contribution in [0.25, 0.3) is 5.82 Å². The predicted octanol–water partition coefficient (Wildman–Crippen LogP) is 2.91.